The van der Waals surface area contributed by atoms with E-state index >= 15 is 0 Å². The van der Waals surface area contributed by atoms with Crippen LogP contribution < -0.4 is 0 Å². The minimum atomic E-state index is 0.0731. The smallest absolute Gasteiger partial charge is 0.102 e. The second-order valence-electron chi connectivity index (χ2n) is 4.53. The Bertz CT molecular complexity index is 169. The van der Waals surface area contributed by atoms with E-state index in [-0.39, 0.29) is 26.4 Å². The Morgan fingerprint density at radius 3 is 1.53 bits per heavy atom. The Morgan fingerprint density at radius 2 is 1.18 bits per heavy atom. The molecule has 17 heavy (non-hydrogen) atoms. The van der Waals surface area contributed by atoms with Crippen molar-refractivity contribution >= 4 is 0 Å². The lowest BCUT2D eigenvalue weighted by Crippen LogP contribution is -2.52. The van der Waals surface area contributed by atoms with Crippen molar-refractivity contribution < 1.29 is 24.9 Å². The van der Waals surface area contributed by atoms with Crippen molar-refractivity contribution in [1.82, 2.24) is 4.90 Å². The Morgan fingerprint density at radius 1 is 0.706 bits per heavy atom. The summed E-state index contributed by atoms with van der Waals surface area (Å²) in [4.78, 5) is 1.98. The third-order valence-electron chi connectivity index (χ3n) is 3.07. The van der Waals surface area contributed by atoms with E-state index in [2.05, 4.69) is 0 Å². The first-order chi connectivity index (χ1) is 8.11. The van der Waals surface area contributed by atoms with Crippen LogP contribution in [0.4, 0.5) is 0 Å². The number of nitrogens with zero attached hydrogens (tertiary/aromatic N) is 2. The lowest BCUT2D eigenvalue weighted by atomic mass is 10.3. The van der Waals surface area contributed by atoms with Crippen molar-refractivity contribution in [2.24, 2.45) is 0 Å². The zero-order chi connectivity index (χ0) is 13.1. The van der Waals surface area contributed by atoms with Gasteiger partial charge in [0, 0.05) is 19.6 Å². The topological polar surface area (TPSA) is 84.2 Å². The summed E-state index contributed by atoms with van der Waals surface area (Å²) in [5.74, 6) is 0. The largest absolute Gasteiger partial charge is 0.395 e. The van der Waals surface area contributed by atoms with Gasteiger partial charge in [0.25, 0.3) is 0 Å². The van der Waals surface area contributed by atoms with Gasteiger partial charge in [0.2, 0.25) is 0 Å². The molecule has 0 saturated heterocycles. The first-order valence-electron chi connectivity index (χ1n) is 6.11. The molecule has 0 aliphatic heterocycles. The number of aliphatic hydroxyl groups excluding tert-OH is 4. The highest BCUT2D eigenvalue weighted by atomic mass is 16.3. The molecule has 0 aliphatic rings. The van der Waals surface area contributed by atoms with Crippen molar-refractivity contribution in [3.8, 4) is 0 Å². The average molecular weight is 251 g/mol. The summed E-state index contributed by atoms with van der Waals surface area (Å²) in [5.41, 5.74) is 0. The maximum absolute atomic E-state index is 9.01. The molecule has 0 radical (unpaired) electrons. The van der Waals surface area contributed by atoms with Crippen molar-refractivity contribution in [1.29, 1.82) is 0 Å². The summed E-state index contributed by atoms with van der Waals surface area (Å²) in [7, 11) is 1.99. The molecule has 6 heteroatoms. The molecule has 6 nitrogen and oxygen atoms in total. The van der Waals surface area contributed by atoms with E-state index in [1.807, 2.05) is 11.9 Å². The number of rotatable bonds is 11. The zero-order valence-corrected chi connectivity index (χ0v) is 10.8. The third kappa shape index (κ3) is 7.64. The summed E-state index contributed by atoms with van der Waals surface area (Å²) in [6.45, 7) is 4.14. The molecule has 4 N–H and O–H groups in total. The van der Waals surface area contributed by atoms with Gasteiger partial charge in [0.1, 0.15) is 13.1 Å². The van der Waals surface area contributed by atoms with Crippen LogP contribution in [0.25, 0.3) is 0 Å². The number of quaternary nitrogens is 1. The van der Waals surface area contributed by atoms with Crippen molar-refractivity contribution in [2.75, 3.05) is 72.7 Å². The quantitative estimate of drug-likeness (QED) is 0.311. The molecule has 104 valence electrons. The predicted molar refractivity (Wildman–Crippen MR) is 65.6 cm³/mol. The van der Waals surface area contributed by atoms with Gasteiger partial charge in [0.05, 0.1) is 40.0 Å². The van der Waals surface area contributed by atoms with Crippen LogP contribution in [0.5, 0.6) is 0 Å². The predicted octanol–water partition coefficient (Wildman–Crippen LogP) is -2.30. The second kappa shape index (κ2) is 9.76. The van der Waals surface area contributed by atoms with Gasteiger partial charge in [-0.1, -0.05) is 0 Å². The summed E-state index contributed by atoms with van der Waals surface area (Å²) < 4.78 is 0.598. The molecule has 0 amide bonds. The lowest BCUT2D eigenvalue weighted by Gasteiger charge is -2.35. The second-order valence-corrected chi connectivity index (χ2v) is 4.53. The maximum atomic E-state index is 9.01. The van der Waals surface area contributed by atoms with Gasteiger partial charge < -0.3 is 24.9 Å². The Labute approximate surface area is 103 Å². The monoisotopic (exact) mass is 251 g/mol. The minimum Gasteiger partial charge on any atom is -0.395 e. The number of likely N-dealkylation sites (N-methyl/N-ethyl adjacent to an activating group) is 1. The molecular formula is C11H27N2O4+. The molecular weight excluding hydrogens is 224 g/mol. The molecule has 0 aromatic carbocycles. The zero-order valence-electron chi connectivity index (χ0n) is 10.8. The van der Waals surface area contributed by atoms with Gasteiger partial charge in [-0.15, -0.1) is 0 Å². The standard InChI is InChI=1S/C11H27N2O4/c1-13(6-10-16,7-11-17)5-2-12(3-8-14)4-9-15/h14-17H,2-11H2,1H3/q+1. The van der Waals surface area contributed by atoms with Crippen molar-refractivity contribution in [2.45, 2.75) is 0 Å². The van der Waals surface area contributed by atoms with Gasteiger partial charge in [-0.25, -0.2) is 0 Å². The van der Waals surface area contributed by atoms with Crippen LogP contribution in [0.15, 0.2) is 0 Å². The highest BCUT2D eigenvalue weighted by Gasteiger charge is 2.21. The Balaban J connectivity index is 4.14. The van der Waals surface area contributed by atoms with E-state index in [9.17, 15) is 0 Å². The van der Waals surface area contributed by atoms with Crippen LogP contribution in [-0.4, -0.2) is 103 Å². The summed E-state index contributed by atoms with van der Waals surface area (Å²) in [5, 5.41) is 35.8. The van der Waals surface area contributed by atoms with Crippen LogP contribution >= 0.6 is 0 Å². The molecule has 0 aromatic heterocycles. The molecule has 0 aromatic rings. The van der Waals surface area contributed by atoms with Crippen LogP contribution in [0, 0.1) is 0 Å². The fraction of sp³-hybridized carbons (Fsp3) is 1.00. The van der Waals surface area contributed by atoms with Crippen molar-refractivity contribution in [3.05, 3.63) is 0 Å². The van der Waals surface area contributed by atoms with Crippen molar-refractivity contribution in [3.63, 3.8) is 0 Å². The highest BCUT2D eigenvalue weighted by Crippen LogP contribution is 2.02. The van der Waals surface area contributed by atoms with Gasteiger partial charge in [-0.3, -0.25) is 4.90 Å². The van der Waals surface area contributed by atoms with Gasteiger partial charge >= 0.3 is 0 Å². The van der Waals surface area contributed by atoms with Crippen LogP contribution in [-0.2, 0) is 0 Å². The normalized spacial score (nSPS) is 12.4. The average Bonchev–Trinajstić information content (AvgIpc) is 2.27. The fourth-order valence-corrected chi connectivity index (χ4v) is 1.82. The summed E-state index contributed by atoms with van der Waals surface area (Å²) in [6.07, 6.45) is 0. The molecule has 0 saturated carbocycles. The van der Waals surface area contributed by atoms with E-state index in [1.54, 1.807) is 0 Å². The number of hydrogen-bond donors (Lipinski definition) is 4. The van der Waals surface area contributed by atoms with Gasteiger partial charge in [-0.05, 0) is 0 Å². The van der Waals surface area contributed by atoms with E-state index in [0.29, 0.717) is 30.7 Å². The maximum Gasteiger partial charge on any atom is 0.102 e. The number of hydrogen-bond acceptors (Lipinski definition) is 5. The van der Waals surface area contributed by atoms with Crippen LogP contribution in [0.3, 0.4) is 0 Å². The van der Waals surface area contributed by atoms with E-state index in [0.717, 1.165) is 13.1 Å². The van der Waals surface area contributed by atoms with E-state index < -0.39 is 0 Å². The molecule has 0 unspecified atom stereocenters. The SMILES string of the molecule is C[N+](CCO)(CCO)CCN(CCO)CCO. The first-order valence-corrected chi connectivity index (χ1v) is 6.11. The first kappa shape index (κ1) is 16.8. The van der Waals surface area contributed by atoms with Gasteiger partial charge in [-0.2, -0.15) is 0 Å². The highest BCUT2D eigenvalue weighted by molar-refractivity contribution is 4.56. The van der Waals surface area contributed by atoms with Crippen LogP contribution in [0.1, 0.15) is 0 Å². The van der Waals surface area contributed by atoms with Crippen LogP contribution in [0.2, 0.25) is 0 Å². The molecule has 0 atom stereocenters. The number of aliphatic hydroxyl groups is 4. The lowest BCUT2D eigenvalue weighted by molar-refractivity contribution is -0.909. The molecule has 0 aliphatic carbocycles. The molecule has 0 fully saturated rings. The minimum absolute atomic E-state index is 0.0731. The Hall–Kier alpha value is -0.240. The van der Waals surface area contributed by atoms with E-state index in [1.165, 1.54) is 0 Å². The molecule has 0 rings (SSSR count). The fourth-order valence-electron chi connectivity index (χ4n) is 1.82. The molecule has 0 bridgehead atoms. The summed E-state index contributed by atoms with van der Waals surface area (Å²) >= 11 is 0. The Kier molecular flexibility index (Phi) is 9.62. The summed E-state index contributed by atoms with van der Waals surface area (Å²) in [6, 6.07) is 0. The molecule has 0 heterocycles. The van der Waals surface area contributed by atoms with Gasteiger partial charge in [0.15, 0.2) is 0 Å². The third-order valence-corrected chi connectivity index (χ3v) is 3.07. The van der Waals surface area contributed by atoms with E-state index in [4.69, 9.17) is 20.4 Å². The molecule has 0 spiro atoms.